The first kappa shape index (κ1) is 31.1. The monoisotopic (exact) mass is 701 g/mol. The molecule has 2 heterocycles. The summed E-state index contributed by atoms with van der Waals surface area (Å²) in [7, 11) is 0. The fraction of sp³-hybridized carbons (Fsp3) is 0. The largest absolute Gasteiger partial charge is 0.455 e. The third kappa shape index (κ3) is 5.43. The lowest BCUT2D eigenvalue weighted by molar-refractivity contribution is 0.670. The predicted octanol–water partition coefficient (Wildman–Crippen LogP) is 13.6. The molecule has 9 aromatic carbocycles. The third-order valence-corrected chi connectivity index (χ3v) is 10.7. The average molecular weight is 702 g/mol. The first-order chi connectivity index (χ1) is 27.2. The Balaban J connectivity index is 1.03. The zero-order valence-electron chi connectivity index (χ0n) is 29.6. The van der Waals surface area contributed by atoms with Gasteiger partial charge in [0.25, 0.3) is 0 Å². The molecule has 0 bridgehead atoms. The molecule has 0 aliphatic rings. The van der Waals surface area contributed by atoms with Gasteiger partial charge in [0.05, 0.1) is 0 Å². The molecular formula is C51H31N3O. The topological polar surface area (TPSA) is 51.8 Å². The quantitative estimate of drug-likeness (QED) is 0.179. The van der Waals surface area contributed by atoms with Crippen molar-refractivity contribution < 1.29 is 4.42 Å². The van der Waals surface area contributed by atoms with E-state index in [1.54, 1.807) is 0 Å². The minimum absolute atomic E-state index is 0.624. The van der Waals surface area contributed by atoms with Crippen LogP contribution in [0.2, 0.25) is 0 Å². The standard InChI is InChI=1S/C51H31N3O/c1-3-13-35-29-41(24-22-32(35)10-1)50-52-49(53-51(54-50)42-25-23-33-11-2-4-14-36(33)30-42)40-18-8-16-38(31-40)37-15-7-17-39(28-37)44-20-9-21-45-47-43-19-6-5-12-34(43)26-27-46(47)55-48(44)45/h1-31H. The summed E-state index contributed by atoms with van der Waals surface area (Å²) in [5, 5.41) is 9.32. The summed E-state index contributed by atoms with van der Waals surface area (Å²) < 4.78 is 6.59. The van der Waals surface area contributed by atoms with Crippen LogP contribution in [0.15, 0.2) is 192 Å². The molecule has 0 aliphatic carbocycles. The first-order valence-corrected chi connectivity index (χ1v) is 18.5. The van der Waals surface area contributed by atoms with Gasteiger partial charge in [-0.3, -0.25) is 0 Å². The third-order valence-electron chi connectivity index (χ3n) is 10.7. The molecule has 0 saturated heterocycles. The van der Waals surface area contributed by atoms with Crippen LogP contribution in [-0.2, 0) is 0 Å². The van der Waals surface area contributed by atoms with Gasteiger partial charge in [-0.25, -0.2) is 15.0 Å². The predicted molar refractivity (Wildman–Crippen MR) is 227 cm³/mol. The molecule has 11 rings (SSSR count). The van der Waals surface area contributed by atoms with Crippen molar-refractivity contribution in [1.29, 1.82) is 0 Å². The molecule has 0 spiro atoms. The molecule has 4 heteroatoms. The number of nitrogens with zero attached hydrogens (tertiary/aromatic N) is 3. The molecule has 4 nitrogen and oxygen atoms in total. The van der Waals surface area contributed by atoms with Gasteiger partial charge in [0.2, 0.25) is 0 Å². The smallest absolute Gasteiger partial charge is 0.164 e. The summed E-state index contributed by atoms with van der Waals surface area (Å²) in [6.45, 7) is 0. The van der Waals surface area contributed by atoms with E-state index < -0.39 is 0 Å². The maximum atomic E-state index is 6.59. The summed E-state index contributed by atoms with van der Waals surface area (Å²) in [5.74, 6) is 1.90. The van der Waals surface area contributed by atoms with Gasteiger partial charge in [-0.05, 0) is 79.3 Å². The van der Waals surface area contributed by atoms with Crippen molar-refractivity contribution in [3.05, 3.63) is 188 Å². The lowest BCUT2D eigenvalue weighted by Gasteiger charge is -2.11. The molecular weight excluding hydrogens is 671 g/mol. The number of furan rings is 1. The minimum atomic E-state index is 0.624. The molecule has 11 aromatic rings. The highest BCUT2D eigenvalue weighted by atomic mass is 16.3. The van der Waals surface area contributed by atoms with E-state index in [0.29, 0.717) is 17.5 Å². The zero-order chi connectivity index (χ0) is 36.3. The van der Waals surface area contributed by atoms with Crippen molar-refractivity contribution in [3.8, 4) is 56.4 Å². The summed E-state index contributed by atoms with van der Waals surface area (Å²) in [6.07, 6.45) is 0. The number of aromatic nitrogens is 3. The number of rotatable bonds is 5. The van der Waals surface area contributed by atoms with Crippen LogP contribution in [0.4, 0.5) is 0 Å². The molecule has 55 heavy (non-hydrogen) atoms. The Hall–Kier alpha value is -7.43. The maximum Gasteiger partial charge on any atom is 0.164 e. The second-order valence-electron chi connectivity index (χ2n) is 14.0. The highest BCUT2D eigenvalue weighted by molar-refractivity contribution is 6.20. The number of hydrogen-bond donors (Lipinski definition) is 0. The lowest BCUT2D eigenvalue weighted by Crippen LogP contribution is -2.00. The molecule has 0 aliphatic heterocycles. The van der Waals surface area contributed by atoms with Crippen LogP contribution in [0.3, 0.4) is 0 Å². The molecule has 0 unspecified atom stereocenters. The fourth-order valence-corrected chi connectivity index (χ4v) is 7.92. The van der Waals surface area contributed by atoms with E-state index in [2.05, 4.69) is 188 Å². The van der Waals surface area contributed by atoms with Crippen molar-refractivity contribution in [1.82, 2.24) is 15.0 Å². The van der Waals surface area contributed by atoms with Crippen LogP contribution < -0.4 is 0 Å². The van der Waals surface area contributed by atoms with E-state index in [1.807, 2.05) is 0 Å². The Kier molecular flexibility index (Phi) is 7.14. The van der Waals surface area contributed by atoms with Gasteiger partial charge in [-0.2, -0.15) is 0 Å². The lowest BCUT2D eigenvalue weighted by atomic mass is 9.96. The Morgan fingerprint density at radius 2 is 0.782 bits per heavy atom. The Morgan fingerprint density at radius 1 is 0.309 bits per heavy atom. The van der Waals surface area contributed by atoms with E-state index in [1.165, 1.54) is 21.5 Å². The van der Waals surface area contributed by atoms with Gasteiger partial charge in [-0.1, -0.05) is 158 Å². The van der Waals surface area contributed by atoms with Gasteiger partial charge in [0, 0.05) is 33.0 Å². The number of benzene rings is 9. The number of para-hydroxylation sites is 1. The Bertz CT molecular complexity index is 3190. The minimum Gasteiger partial charge on any atom is -0.455 e. The molecule has 0 amide bonds. The van der Waals surface area contributed by atoms with Crippen LogP contribution in [0.1, 0.15) is 0 Å². The first-order valence-electron chi connectivity index (χ1n) is 18.5. The normalized spacial score (nSPS) is 11.6. The summed E-state index contributed by atoms with van der Waals surface area (Å²) in [6, 6.07) is 65.8. The van der Waals surface area contributed by atoms with Gasteiger partial charge in [0.15, 0.2) is 17.5 Å². The average Bonchev–Trinajstić information content (AvgIpc) is 3.66. The van der Waals surface area contributed by atoms with Gasteiger partial charge < -0.3 is 4.42 Å². The maximum absolute atomic E-state index is 6.59. The van der Waals surface area contributed by atoms with E-state index in [0.717, 1.165) is 71.7 Å². The van der Waals surface area contributed by atoms with Crippen LogP contribution in [0, 0.1) is 0 Å². The molecule has 0 N–H and O–H groups in total. The highest BCUT2D eigenvalue weighted by Gasteiger charge is 2.17. The molecule has 0 radical (unpaired) electrons. The summed E-state index contributed by atoms with van der Waals surface area (Å²) >= 11 is 0. The molecule has 0 saturated carbocycles. The van der Waals surface area contributed by atoms with Crippen molar-refractivity contribution in [3.63, 3.8) is 0 Å². The highest BCUT2D eigenvalue weighted by Crippen LogP contribution is 2.40. The van der Waals surface area contributed by atoms with Gasteiger partial charge >= 0.3 is 0 Å². The molecule has 0 atom stereocenters. The molecule has 0 fully saturated rings. The van der Waals surface area contributed by atoms with E-state index in [4.69, 9.17) is 19.4 Å². The van der Waals surface area contributed by atoms with E-state index in [-0.39, 0.29) is 0 Å². The van der Waals surface area contributed by atoms with E-state index >= 15 is 0 Å². The van der Waals surface area contributed by atoms with Crippen LogP contribution in [-0.4, -0.2) is 15.0 Å². The number of hydrogen-bond acceptors (Lipinski definition) is 4. The molecule has 256 valence electrons. The Morgan fingerprint density at radius 3 is 1.44 bits per heavy atom. The zero-order valence-corrected chi connectivity index (χ0v) is 29.6. The van der Waals surface area contributed by atoms with Gasteiger partial charge in [-0.15, -0.1) is 0 Å². The number of fused-ring (bicyclic) bond motifs is 7. The van der Waals surface area contributed by atoms with Crippen molar-refractivity contribution >= 4 is 54.3 Å². The van der Waals surface area contributed by atoms with Crippen molar-refractivity contribution in [2.24, 2.45) is 0 Å². The second-order valence-corrected chi connectivity index (χ2v) is 14.0. The van der Waals surface area contributed by atoms with E-state index in [9.17, 15) is 0 Å². The van der Waals surface area contributed by atoms with Crippen molar-refractivity contribution in [2.75, 3.05) is 0 Å². The van der Waals surface area contributed by atoms with Gasteiger partial charge in [0.1, 0.15) is 11.2 Å². The summed E-state index contributed by atoms with van der Waals surface area (Å²) in [5.41, 5.74) is 8.92. The fourth-order valence-electron chi connectivity index (χ4n) is 7.92. The molecule has 2 aromatic heterocycles. The SMILES string of the molecule is c1cc(-c2cccc(-c3cccc4c3oc3ccc5ccccc5c34)c2)cc(-c2nc(-c3ccc4ccccc4c3)nc(-c3ccc4ccccc4c3)n2)c1. The van der Waals surface area contributed by atoms with Crippen LogP contribution in [0.5, 0.6) is 0 Å². The Labute approximate surface area is 317 Å². The second kappa shape index (κ2) is 12.6. The van der Waals surface area contributed by atoms with Crippen LogP contribution in [0.25, 0.3) is 111 Å². The van der Waals surface area contributed by atoms with Crippen LogP contribution >= 0.6 is 0 Å². The van der Waals surface area contributed by atoms with Crippen molar-refractivity contribution in [2.45, 2.75) is 0 Å². The summed E-state index contributed by atoms with van der Waals surface area (Å²) in [4.78, 5) is 15.3.